The van der Waals surface area contributed by atoms with E-state index in [2.05, 4.69) is 5.32 Å². The standard InChI is InChI=1S/C29H33Cl2N3O4S/c1-5-25(29(36)32-20(2)3)33(18-22-13-10-9-12-21(22)4)27(35)19-34(26-17-11-16-24(30)28(26)31)39(37,38)23-14-7-6-8-15-23/h6-17,20,25H,5,18-19H2,1-4H3,(H,32,36). The number of halogens is 2. The van der Waals surface area contributed by atoms with E-state index in [1.54, 1.807) is 24.3 Å². The molecule has 0 saturated carbocycles. The van der Waals surface area contributed by atoms with Crippen LogP contribution in [0.25, 0.3) is 0 Å². The van der Waals surface area contributed by atoms with E-state index in [1.807, 2.05) is 52.0 Å². The first kappa shape index (κ1) is 30.5. The minimum absolute atomic E-state index is 0.00141. The molecular weight excluding hydrogens is 557 g/mol. The summed E-state index contributed by atoms with van der Waals surface area (Å²) in [6, 6.07) is 19.0. The fourth-order valence-corrected chi connectivity index (χ4v) is 6.08. The van der Waals surface area contributed by atoms with E-state index in [1.165, 1.54) is 29.2 Å². The summed E-state index contributed by atoms with van der Waals surface area (Å²) in [5, 5.41) is 3.03. The third kappa shape index (κ3) is 7.32. The molecule has 1 unspecified atom stereocenters. The van der Waals surface area contributed by atoms with Gasteiger partial charge in [-0.05, 0) is 62.6 Å². The van der Waals surface area contributed by atoms with Crippen molar-refractivity contribution in [3.05, 3.63) is 94.0 Å². The second-order valence-corrected chi connectivity index (χ2v) is 12.1. The zero-order valence-electron chi connectivity index (χ0n) is 22.4. The topological polar surface area (TPSA) is 86.8 Å². The summed E-state index contributed by atoms with van der Waals surface area (Å²) < 4.78 is 28.7. The molecule has 0 radical (unpaired) electrons. The van der Waals surface area contributed by atoms with E-state index in [4.69, 9.17) is 23.2 Å². The average Bonchev–Trinajstić information content (AvgIpc) is 2.90. The predicted molar refractivity (Wildman–Crippen MR) is 157 cm³/mol. The Hall–Kier alpha value is -3.07. The molecule has 208 valence electrons. The Morgan fingerprint density at radius 2 is 1.56 bits per heavy atom. The molecular formula is C29H33Cl2N3O4S. The van der Waals surface area contributed by atoms with Crippen LogP contribution < -0.4 is 9.62 Å². The van der Waals surface area contributed by atoms with Gasteiger partial charge in [-0.1, -0.05) is 78.7 Å². The van der Waals surface area contributed by atoms with Crippen LogP contribution in [-0.2, 0) is 26.2 Å². The van der Waals surface area contributed by atoms with Crippen molar-refractivity contribution in [3.63, 3.8) is 0 Å². The van der Waals surface area contributed by atoms with Gasteiger partial charge in [-0.2, -0.15) is 0 Å². The van der Waals surface area contributed by atoms with E-state index in [0.717, 1.165) is 15.4 Å². The van der Waals surface area contributed by atoms with Gasteiger partial charge in [0.2, 0.25) is 11.8 Å². The van der Waals surface area contributed by atoms with Crippen LogP contribution in [0.3, 0.4) is 0 Å². The van der Waals surface area contributed by atoms with Gasteiger partial charge in [-0.3, -0.25) is 13.9 Å². The molecule has 3 rings (SSSR count). The van der Waals surface area contributed by atoms with E-state index < -0.39 is 28.5 Å². The lowest BCUT2D eigenvalue weighted by Crippen LogP contribution is -2.53. The Morgan fingerprint density at radius 3 is 2.18 bits per heavy atom. The first-order valence-electron chi connectivity index (χ1n) is 12.6. The number of carbonyl (C=O) groups is 2. The molecule has 0 aromatic heterocycles. The molecule has 0 bridgehead atoms. The van der Waals surface area contributed by atoms with Crippen LogP contribution in [0.2, 0.25) is 10.0 Å². The molecule has 10 heteroatoms. The Kier molecular flexibility index (Phi) is 10.4. The molecule has 0 saturated heterocycles. The smallest absolute Gasteiger partial charge is 0.264 e. The number of hydrogen-bond donors (Lipinski definition) is 1. The Labute approximate surface area is 240 Å². The molecule has 3 aromatic carbocycles. The Bertz CT molecular complexity index is 1420. The number of aryl methyl sites for hydroxylation is 1. The van der Waals surface area contributed by atoms with E-state index >= 15 is 0 Å². The van der Waals surface area contributed by atoms with Gasteiger partial charge in [0.05, 0.1) is 20.6 Å². The van der Waals surface area contributed by atoms with Crippen LogP contribution in [0.15, 0.2) is 77.7 Å². The Morgan fingerprint density at radius 1 is 0.923 bits per heavy atom. The highest BCUT2D eigenvalue weighted by Gasteiger charge is 2.34. The van der Waals surface area contributed by atoms with E-state index in [-0.39, 0.29) is 39.1 Å². The predicted octanol–water partition coefficient (Wildman–Crippen LogP) is 5.83. The molecule has 3 aromatic rings. The Balaban J connectivity index is 2.11. The molecule has 1 N–H and O–H groups in total. The van der Waals surface area contributed by atoms with Crippen LogP contribution in [0.4, 0.5) is 5.69 Å². The summed E-state index contributed by atoms with van der Waals surface area (Å²) in [5.41, 5.74) is 1.86. The number of benzene rings is 3. The lowest BCUT2D eigenvalue weighted by atomic mass is 10.1. The van der Waals surface area contributed by atoms with Crippen LogP contribution in [-0.4, -0.2) is 43.8 Å². The normalized spacial score (nSPS) is 12.2. The number of nitrogens with zero attached hydrogens (tertiary/aromatic N) is 2. The molecule has 2 amide bonds. The lowest BCUT2D eigenvalue weighted by Gasteiger charge is -2.34. The van der Waals surface area contributed by atoms with Gasteiger partial charge in [0.15, 0.2) is 0 Å². The van der Waals surface area contributed by atoms with Crippen molar-refractivity contribution in [2.75, 3.05) is 10.8 Å². The molecule has 7 nitrogen and oxygen atoms in total. The van der Waals surface area contributed by atoms with E-state index in [0.29, 0.717) is 6.42 Å². The maximum absolute atomic E-state index is 14.1. The molecule has 0 heterocycles. The number of carbonyl (C=O) groups excluding carboxylic acids is 2. The van der Waals surface area contributed by atoms with Crippen LogP contribution in [0.1, 0.15) is 38.3 Å². The first-order valence-corrected chi connectivity index (χ1v) is 14.8. The van der Waals surface area contributed by atoms with Crippen molar-refractivity contribution in [3.8, 4) is 0 Å². The van der Waals surface area contributed by atoms with Gasteiger partial charge < -0.3 is 10.2 Å². The number of sulfonamides is 1. The van der Waals surface area contributed by atoms with E-state index in [9.17, 15) is 18.0 Å². The molecule has 0 fully saturated rings. The second-order valence-electron chi connectivity index (χ2n) is 9.43. The molecule has 1 atom stereocenters. The molecule has 39 heavy (non-hydrogen) atoms. The number of hydrogen-bond acceptors (Lipinski definition) is 4. The maximum atomic E-state index is 14.1. The van der Waals surface area contributed by atoms with Gasteiger partial charge in [0.25, 0.3) is 10.0 Å². The van der Waals surface area contributed by atoms with Gasteiger partial charge in [0.1, 0.15) is 12.6 Å². The van der Waals surface area contributed by atoms with Crippen molar-refractivity contribution in [2.24, 2.45) is 0 Å². The van der Waals surface area contributed by atoms with Crippen LogP contribution >= 0.6 is 23.2 Å². The molecule has 0 spiro atoms. The third-order valence-corrected chi connectivity index (χ3v) is 8.81. The summed E-state index contributed by atoms with van der Waals surface area (Å²) >= 11 is 12.7. The zero-order valence-corrected chi connectivity index (χ0v) is 24.7. The summed E-state index contributed by atoms with van der Waals surface area (Å²) in [7, 11) is -4.23. The minimum atomic E-state index is -4.23. The fourth-order valence-electron chi connectivity index (χ4n) is 4.19. The van der Waals surface area contributed by atoms with Crippen LogP contribution in [0.5, 0.6) is 0 Å². The van der Waals surface area contributed by atoms with Gasteiger partial charge in [0, 0.05) is 12.6 Å². The molecule has 0 aliphatic heterocycles. The minimum Gasteiger partial charge on any atom is -0.352 e. The fraction of sp³-hybridized carbons (Fsp3) is 0.310. The third-order valence-electron chi connectivity index (χ3n) is 6.23. The molecule has 0 aliphatic rings. The maximum Gasteiger partial charge on any atom is 0.264 e. The largest absolute Gasteiger partial charge is 0.352 e. The SMILES string of the molecule is CCC(C(=O)NC(C)C)N(Cc1ccccc1C)C(=O)CN(c1cccc(Cl)c1Cl)S(=O)(=O)c1ccccc1. The summed E-state index contributed by atoms with van der Waals surface area (Å²) in [6.45, 7) is 6.95. The highest BCUT2D eigenvalue weighted by molar-refractivity contribution is 7.92. The highest BCUT2D eigenvalue weighted by Crippen LogP contribution is 2.35. The van der Waals surface area contributed by atoms with Crippen molar-refractivity contribution >= 4 is 50.7 Å². The van der Waals surface area contributed by atoms with Gasteiger partial charge in [-0.25, -0.2) is 8.42 Å². The number of rotatable bonds is 11. The summed E-state index contributed by atoms with van der Waals surface area (Å²) in [6.07, 6.45) is 0.333. The molecule has 0 aliphatic carbocycles. The number of anilines is 1. The number of amides is 2. The van der Waals surface area contributed by atoms with Crippen molar-refractivity contribution in [1.82, 2.24) is 10.2 Å². The average molecular weight is 591 g/mol. The van der Waals surface area contributed by atoms with Crippen LogP contribution in [0, 0.1) is 6.92 Å². The highest BCUT2D eigenvalue weighted by atomic mass is 35.5. The lowest BCUT2D eigenvalue weighted by molar-refractivity contribution is -0.140. The summed E-state index contributed by atoms with van der Waals surface area (Å²) in [4.78, 5) is 28.7. The second kappa shape index (κ2) is 13.3. The quantitative estimate of drug-likeness (QED) is 0.305. The summed E-state index contributed by atoms with van der Waals surface area (Å²) in [5.74, 6) is -0.868. The monoisotopic (exact) mass is 589 g/mol. The van der Waals surface area contributed by atoms with Gasteiger partial charge >= 0.3 is 0 Å². The first-order chi connectivity index (χ1) is 18.5. The van der Waals surface area contributed by atoms with Gasteiger partial charge in [-0.15, -0.1) is 0 Å². The zero-order chi connectivity index (χ0) is 28.7. The van der Waals surface area contributed by atoms with Crippen molar-refractivity contribution in [2.45, 2.75) is 57.6 Å². The number of nitrogens with one attached hydrogen (secondary N) is 1. The van der Waals surface area contributed by atoms with Crippen molar-refractivity contribution in [1.29, 1.82) is 0 Å². The van der Waals surface area contributed by atoms with Crippen molar-refractivity contribution < 1.29 is 18.0 Å².